The molecule has 1 aliphatic rings. The van der Waals surface area contributed by atoms with Gasteiger partial charge >= 0.3 is 11.9 Å². The van der Waals surface area contributed by atoms with Gasteiger partial charge in [0.1, 0.15) is 0 Å². The summed E-state index contributed by atoms with van der Waals surface area (Å²) in [6.07, 6.45) is 20.1. The van der Waals surface area contributed by atoms with Crippen LogP contribution >= 0.6 is 0 Å². The molecule has 224 valence electrons. The van der Waals surface area contributed by atoms with E-state index in [2.05, 4.69) is 41.5 Å². The Morgan fingerprint density at radius 3 is 1.18 bits per heavy atom. The summed E-state index contributed by atoms with van der Waals surface area (Å²) in [4.78, 5) is 24.9. The zero-order valence-corrected chi connectivity index (χ0v) is 26.2. The Hall–Kier alpha value is -1.06. The Morgan fingerprint density at radius 2 is 0.842 bits per heavy atom. The van der Waals surface area contributed by atoms with Gasteiger partial charge in [-0.1, -0.05) is 119 Å². The molecule has 0 saturated heterocycles. The molecular formula is C34H64O4. The maximum atomic E-state index is 12.5. The molecule has 1 saturated carbocycles. The summed E-state index contributed by atoms with van der Waals surface area (Å²) in [6.45, 7) is 15.1. The van der Waals surface area contributed by atoms with E-state index in [4.69, 9.17) is 9.47 Å². The summed E-state index contributed by atoms with van der Waals surface area (Å²) in [7, 11) is 0. The van der Waals surface area contributed by atoms with Crippen molar-refractivity contribution in [1.82, 2.24) is 0 Å². The molecule has 1 fully saturated rings. The SMILES string of the molecule is CCCC(C)C(C)CCCCCCOC(=O)C1CCC(C(=O)OCCCCCCC(C)C(C)CCC)CC1. The molecule has 0 spiro atoms. The standard InChI is InChI=1S/C34H64O4/c1-7-17-27(3)29(5)19-13-9-11-15-25-37-33(35)31-21-23-32(24-22-31)34(36)38-26-16-12-10-14-20-30(6)28(4)18-8-2/h27-32H,7-26H2,1-6H3. The van der Waals surface area contributed by atoms with Gasteiger partial charge in [-0.25, -0.2) is 0 Å². The normalized spacial score (nSPS) is 20.9. The lowest BCUT2D eigenvalue weighted by Gasteiger charge is -2.26. The average molecular weight is 537 g/mol. The maximum Gasteiger partial charge on any atom is 0.308 e. The lowest BCUT2D eigenvalue weighted by molar-refractivity contribution is -0.155. The van der Waals surface area contributed by atoms with E-state index in [1.54, 1.807) is 0 Å². The molecule has 0 bridgehead atoms. The van der Waals surface area contributed by atoms with Crippen LogP contribution in [0, 0.1) is 35.5 Å². The van der Waals surface area contributed by atoms with Crippen molar-refractivity contribution in [2.24, 2.45) is 35.5 Å². The zero-order valence-electron chi connectivity index (χ0n) is 26.2. The zero-order chi connectivity index (χ0) is 28.2. The molecule has 0 N–H and O–H groups in total. The van der Waals surface area contributed by atoms with Crippen LogP contribution in [0.15, 0.2) is 0 Å². The van der Waals surface area contributed by atoms with E-state index in [0.29, 0.717) is 13.2 Å². The lowest BCUT2D eigenvalue weighted by Crippen LogP contribution is -2.28. The first-order valence-corrected chi connectivity index (χ1v) is 16.6. The van der Waals surface area contributed by atoms with Crippen LogP contribution in [0.25, 0.3) is 0 Å². The van der Waals surface area contributed by atoms with Crippen molar-refractivity contribution < 1.29 is 19.1 Å². The second kappa shape index (κ2) is 21.7. The number of carbonyl (C=O) groups is 2. The molecule has 4 atom stereocenters. The van der Waals surface area contributed by atoms with Gasteiger partial charge in [-0.3, -0.25) is 9.59 Å². The van der Waals surface area contributed by atoms with Gasteiger partial charge in [0, 0.05) is 0 Å². The van der Waals surface area contributed by atoms with Crippen LogP contribution in [-0.4, -0.2) is 25.2 Å². The Labute approximate surface area is 236 Å². The van der Waals surface area contributed by atoms with Crippen LogP contribution in [-0.2, 0) is 19.1 Å². The van der Waals surface area contributed by atoms with E-state index < -0.39 is 0 Å². The van der Waals surface area contributed by atoms with Crippen molar-refractivity contribution in [2.75, 3.05) is 13.2 Å². The molecule has 0 aromatic carbocycles. The van der Waals surface area contributed by atoms with Crippen LogP contribution in [0.5, 0.6) is 0 Å². The second-order valence-electron chi connectivity index (χ2n) is 12.8. The molecule has 0 radical (unpaired) electrons. The molecule has 0 heterocycles. The minimum atomic E-state index is -0.0581. The number of hydrogen-bond donors (Lipinski definition) is 0. The van der Waals surface area contributed by atoms with E-state index in [9.17, 15) is 9.59 Å². The monoisotopic (exact) mass is 536 g/mol. The first-order chi connectivity index (χ1) is 18.3. The summed E-state index contributed by atoms with van der Waals surface area (Å²) in [5.74, 6) is 3.07. The van der Waals surface area contributed by atoms with Gasteiger partial charge in [-0.2, -0.15) is 0 Å². The van der Waals surface area contributed by atoms with Gasteiger partial charge in [-0.05, 0) is 62.2 Å². The van der Waals surface area contributed by atoms with E-state index in [1.165, 1.54) is 64.2 Å². The van der Waals surface area contributed by atoms with Gasteiger partial charge in [0.15, 0.2) is 0 Å². The summed E-state index contributed by atoms with van der Waals surface area (Å²) in [5, 5.41) is 0. The van der Waals surface area contributed by atoms with Crippen LogP contribution in [0.4, 0.5) is 0 Å². The molecular weight excluding hydrogens is 472 g/mol. The van der Waals surface area contributed by atoms with Crippen LogP contribution < -0.4 is 0 Å². The molecule has 1 rings (SSSR count). The first kappa shape index (κ1) is 35.0. The largest absolute Gasteiger partial charge is 0.465 e. The topological polar surface area (TPSA) is 52.6 Å². The summed E-state index contributed by atoms with van der Waals surface area (Å²) in [5.41, 5.74) is 0. The number of esters is 2. The number of ether oxygens (including phenoxy) is 2. The van der Waals surface area contributed by atoms with Crippen molar-refractivity contribution in [2.45, 2.75) is 157 Å². The average Bonchev–Trinajstić information content (AvgIpc) is 2.91. The van der Waals surface area contributed by atoms with Crippen molar-refractivity contribution in [3.63, 3.8) is 0 Å². The van der Waals surface area contributed by atoms with Gasteiger partial charge in [0.2, 0.25) is 0 Å². The quantitative estimate of drug-likeness (QED) is 0.102. The summed E-state index contributed by atoms with van der Waals surface area (Å²) in [6, 6.07) is 0. The van der Waals surface area contributed by atoms with Crippen LogP contribution in [0.2, 0.25) is 0 Å². The predicted molar refractivity (Wildman–Crippen MR) is 160 cm³/mol. The van der Waals surface area contributed by atoms with Gasteiger partial charge in [0.05, 0.1) is 25.0 Å². The molecule has 0 amide bonds. The molecule has 38 heavy (non-hydrogen) atoms. The minimum Gasteiger partial charge on any atom is -0.465 e. The highest BCUT2D eigenvalue weighted by Gasteiger charge is 2.31. The fraction of sp³-hybridized carbons (Fsp3) is 0.941. The Balaban J connectivity index is 2.03. The highest BCUT2D eigenvalue weighted by atomic mass is 16.5. The Kier molecular flexibility index (Phi) is 20.0. The van der Waals surface area contributed by atoms with Crippen molar-refractivity contribution >= 4 is 11.9 Å². The van der Waals surface area contributed by atoms with Crippen LogP contribution in [0.1, 0.15) is 157 Å². The molecule has 0 aromatic heterocycles. The number of hydrogen-bond acceptors (Lipinski definition) is 4. The van der Waals surface area contributed by atoms with Gasteiger partial charge in [-0.15, -0.1) is 0 Å². The molecule has 0 aliphatic heterocycles. The molecule has 4 heteroatoms. The van der Waals surface area contributed by atoms with E-state index >= 15 is 0 Å². The fourth-order valence-electron chi connectivity index (χ4n) is 6.04. The highest BCUT2D eigenvalue weighted by molar-refractivity contribution is 5.75. The van der Waals surface area contributed by atoms with Gasteiger partial charge < -0.3 is 9.47 Å². The predicted octanol–water partition coefficient (Wildman–Crippen LogP) is 9.92. The maximum absolute atomic E-state index is 12.5. The summed E-state index contributed by atoms with van der Waals surface area (Å²) < 4.78 is 11.1. The number of unbranched alkanes of at least 4 members (excludes halogenated alkanes) is 6. The van der Waals surface area contributed by atoms with E-state index in [0.717, 1.165) is 75.0 Å². The third-order valence-electron chi connectivity index (χ3n) is 9.42. The molecule has 4 nitrogen and oxygen atoms in total. The van der Waals surface area contributed by atoms with Crippen molar-refractivity contribution in [3.8, 4) is 0 Å². The highest BCUT2D eigenvalue weighted by Crippen LogP contribution is 2.31. The minimum absolute atomic E-state index is 0.0395. The van der Waals surface area contributed by atoms with E-state index in [1.807, 2.05) is 0 Å². The molecule has 1 aliphatic carbocycles. The second-order valence-corrected chi connectivity index (χ2v) is 12.8. The molecule has 0 aromatic rings. The Bertz CT molecular complexity index is 543. The fourth-order valence-corrected chi connectivity index (χ4v) is 6.04. The molecule has 4 unspecified atom stereocenters. The van der Waals surface area contributed by atoms with Crippen molar-refractivity contribution in [1.29, 1.82) is 0 Å². The first-order valence-electron chi connectivity index (χ1n) is 16.6. The Morgan fingerprint density at radius 1 is 0.526 bits per heavy atom. The number of rotatable bonds is 22. The van der Waals surface area contributed by atoms with Crippen LogP contribution in [0.3, 0.4) is 0 Å². The van der Waals surface area contributed by atoms with Crippen molar-refractivity contribution in [3.05, 3.63) is 0 Å². The summed E-state index contributed by atoms with van der Waals surface area (Å²) >= 11 is 0. The smallest absolute Gasteiger partial charge is 0.308 e. The van der Waals surface area contributed by atoms with E-state index in [-0.39, 0.29) is 23.8 Å². The lowest BCUT2D eigenvalue weighted by atomic mass is 9.82. The third kappa shape index (κ3) is 15.5. The van der Waals surface area contributed by atoms with Gasteiger partial charge in [0.25, 0.3) is 0 Å². The number of carbonyl (C=O) groups excluding carboxylic acids is 2. The third-order valence-corrected chi connectivity index (χ3v) is 9.42.